The van der Waals surface area contributed by atoms with E-state index < -0.39 is 5.97 Å². The van der Waals surface area contributed by atoms with Gasteiger partial charge in [-0.2, -0.15) is 0 Å². The number of hydrogen-bond acceptors (Lipinski definition) is 6. The third kappa shape index (κ3) is 3.91. The number of anilines is 1. The van der Waals surface area contributed by atoms with Crippen molar-refractivity contribution in [2.45, 2.75) is 0 Å². The standard InChI is InChI=1S/C19H14BrNO5S2/c1-25-14-7-11(13(20)9-15(14)26-2)8-16-17(22)21(19(27)28-16)12-5-3-4-10(6-12)18(23)24/h3-9H,1-2H3,(H,23,24)/b16-8+. The maximum atomic E-state index is 12.9. The highest BCUT2D eigenvalue weighted by atomic mass is 79.9. The molecule has 0 unspecified atom stereocenters. The van der Waals surface area contributed by atoms with Crippen LogP contribution in [0.3, 0.4) is 0 Å². The van der Waals surface area contributed by atoms with Gasteiger partial charge in [-0.25, -0.2) is 4.79 Å². The van der Waals surface area contributed by atoms with Crippen molar-refractivity contribution in [2.24, 2.45) is 0 Å². The van der Waals surface area contributed by atoms with E-state index in [2.05, 4.69) is 15.9 Å². The van der Waals surface area contributed by atoms with Gasteiger partial charge in [0.1, 0.15) is 0 Å². The van der Waals surface area contributed by atoms with Crippen molar-refractivity contribution in [3.63, 3.8) is 0 Å². The molecule has 0 radical (unpaired) electrons. The maximum absolute atomic E-state index is 12.9. The number of nitrogens with zero attached hydrogens (tertiary/aromatic N) is 1. The van der Waals surface area contributed by atoms with E-state index >= 15 is 0 Å². The lowest BCUT2D eigenvalue weighted by molar-refractivity contribution is -0.113. The molecular weight excluding hydrogens is 466 g/mol. The molecule has 28 heavy (non-hydrogen) atoms. The first-order valence-electron chi connectivity index (χ1n) is 7.88. The molecule has 2 aromatic carbocycles. The molecule has 0 aromatic heterocycles. The van der Waals surface area contributed by atoms with Crippen molar-refractivity contribution in [3.05, 3.63) is 56.9 Å². The summed E-state index contributed by atoms with van der Waals surface area (Å²) in [6.07, 6.45) is 1.70. The molecule has 0 saturated carbocycles. The molecule has 0 bridgehead atoms. The Morgan fingerprint density at radius 1 is 1.21 bits per heavy atom. The van der Waals surface area contributed by atoms with Crippen LogP contribution < -0.4 is 14.4 Å². The van der Waals surface area contributed by atoms with Gasteiger partial charge in [-0.05, 0) is 42.0 Å². The highest BCUT2D eigenvalue weighted by Crippen LogP contribution is 2.39. The van der Waals surface area contributed by atoms with Gasteiger partial charge >= 0.3 is 5.97 Å². The Morgan fingerprint density at radius 2 is 1.89 bits per heavy atom. The zero-order valence-corrected chi connectivity index (χ0v) is 18.0. The number of methoxy groups -OCH3 is 2. The van der Waals surface area contributed by atoms with Gasteiger partial charge in [-0.1, -0.05) is 46.0 Å². The Hall–Kier alpha value is -2.36. The third-order valence-electron chi connectivity index (χ3n) is 3.93. The van der Waals surface area contributed by atoms with Crippen molar-refractivity contribution >= 4 is 67.9 Å². The molecule has 1 fully saturated rings. The smallest absolute Gasteiger partial charge is 0.335 e. The van der Waals surface area contributed by atoms with E-state index in [0.717, 1.165) is 21.8 Å². The second-order valence-corrected chi connectivity index (χ2v) is 8.13. The van der Waals surface area contributed by atoms with Crippen LogP contribution in [0, 0.1) is 0 Å². The summed E-state index contributed by atoms with van der Waals surface area (Å²) in [4.78, 5) is 25.9. The van der Waals surface area contributed by atoms with Crippen LogP contribution in [0.25, 0.3) is 6.08 Å². The van der Waals surface area contributed by atoms with Gasteiger partial charge in [0.25, 0.3) is 5.91 Å². The molecule has 1 amide bonds. The average Bonchev–Trinajstić information content (AvgIpc) is 2.96. The minimum Gasteiger partial charge on any atom is -0.493 e. The fourth-order valence-corrected chi connectivity index (χ4v) is 4.32. The molecule has 0 spiro atoms. The number of thiocarbonyl (C=S) groups is 1. The molecular formula is C19H14BrNO5S2. The van der Waals surface area contributed by atoms with E-state index in [1.54, 1.807) is 37.5 Å². The van der Waals surface area contributed by atoms with Crippen molar-refractivity contribution < 1.29 is 24.2 Å². The number of amides is 1. The number of carbonyl (C=O) groups excluding carboxylic acids is 1. The summed E-state index contributed by atoms with van der Waals surface area (Å²) in [5.74, 6) is -0.303. The molecule has 6 nitrogen and oxygen atoms in total. The Bertz CT molecular complexity index is 1020. The van der Waals surface area contributed by atoms with Gasteiger partial charge in [-0.15, -0.1) is 0 Å². The lowest BCUT2D eigenvalue weighted by Gasteiger charge is -2.15. The normalized spacial score (nSPS) is 15.2. The second-order valence-electron chi connectivity index (χ2n) is 5.60. The summed E-state index contributed by atoms with van der Waals surface area (Å²) in [6.45, 7) is 0. The Morgan fingerprint density at radius 3 is 2.54 bits per heavy atom. The summed E-state index contributed by atoms with van der Waals surface area (Å²) in [5, 5.41) is 9.17. The van der Waals surface area contributed by atoms with E-state index in [-0.39, 0.29) is 11.5 Å². The van der Waals surface area contributed by atoms with Crippen LogP contribution in [0.5, 0.6) is 11.5 Å². The van der Waals surface area contributed by atoms with E-state index in [1.165, 1.54) is 24.1 Å². The number of carbonyl (C=O) groups is 2. The lowest BCUT2D eigenvalue weighted by atomic mass is 10.1. The van der Waals surface area contributed by atoms with Crippen LogP contribution in [0.15, 0.2) is 45.8 Å². The Labute approximate surface area is 179 Å². The number of benzene rings is 2. The van der Waals surface area contributed by atoms with Gasteiger partial charge < -0.3 is 14.6 Å². The third-order valence-corrected chi connectivity index (χ3v) is 5.92. The number of halogens is 1. The molecule has 1 N–H and O–H groups in total. The van der Waals surface area contributed by atoms with Gasteiger partial charge in [0.05, 0.1) is 30.4 Å². The summed E-state index contributed by atoms with van der Waals surface area (Å²) in [7, 11) is 3.07. The van der Waals surface area contributed by atoms with Crippen LogP contribution in [-0.2, 0) is 4.79 Å². The molecule has 9 heteroatoms. The van der Waals surface area contributed by atoms with Crippen LogP contribution in [0.2, 0.25) is 0 Å². The van der Waals surface area contributed by atoms with Gasteiger partial charge in [0, 0.05) is 4.47 Å². The van der Waals surface area contributed by atoms with Crippen molar-refractivity contribution in [2.75, 3.05) is 19.1 Å². The maximum Gasteiger partial charge on any atom is 0.335 e. The molecule has 1 aliphatic rings. The Balaban J connectivity index is 1.98. The Kier molecular flexibility index (Phi) is 6.07. The first kappa shape index (κ1) is 20.4. The predicted molar refractivity (Wildman–Crippen MR) is 116 cm³/mol. The summed E-state index contributed by atoms with van der Waals surface area (Å²) >= 11 is 9.96. The molecule has 1 heterocycles. The van der Waals surface area contributed by atoms with E-state index in [9.17, 15) is 14.7 Å². The topological polar surface area (TPSA) is 76.1 Å². The van der Waals surface area contributed by atoms with Crippen LogP contribution in [0.4, 0.5) is 5.69 Å². The number of carboxylic acids is 1. The molecule has 1 saturated heterocycles. The highest BCUT2D eigenvalue weighted by Gasteiger charge is 2.33. The number of carboxylic acid groups (broad SMARTS) is 1. The average molecular weight is 480 g/mol. The van der Waals surface area contributed by atoms with Gasteiger partial charge in [-0.3, -0.25) is 9.69 Å². The number of aromatic carboxylic acids is 1. The molecule has 1 aliphatic heterocycles. The largest absolute Gasteiger partial charge is 0.493 e. The fourth-order valence-electron chi connectivity index (χ4n) is 2.59. The SMILES string of the molecule is COc1cc(Br)c(/C=C2/SC(=S)N(c3cccc(C(=O)O)c3)C2=O)cc1OC. The number of hydrogen-bond donors (Lipinski definition) is 1. The van der Waals surface area contributed by atoms with Crippen molar-refractivity contribution in [1.29, 1.82) is 0 Å². The van der Waals surface area contributed by atoms with E-state index in [1.807, 2.05) is 0 Å². The molecule has 144 valence electrons. The van der Waals surface area contributed by atoms with Crippen LogP contribution in [-0.4, -0.2) is 35.5 Å². The number of rotatable bonds is 5. The predicted octanol–water partition coefficient (Wildman–Crippen LogP) is 4.57. The minimum absolute atomic E-state index is 0.0816. The lowest BCUT2D eigenvalue weighted by Crippen LogP contribution is -2.27. The quantitative estimate of drug-likeness (QED) is 0.496. The van der Waals surface area contributed by atoms with Crippen molar-refractivity contribution in [3.8, 4) is 11.5 Å². The molecule has 3 rings (SSSR count). The summed E-state index contributed by atoms with van der Waals surface area (Å²) in [6, 6.07) is 9.60. The fraction of sp³-hybridized carbons (Fsp3) is 0.105. The first-order valence-corrected chi connectivity index (χ1v) is 9.90. The minimum atomic E-state index is -1.07. The monoisotopic (exact) mass is 479 g/mol. The molecule has 0 aliphatic carbocycles. The van der Waals surface area contributed by atoms with Crippen molar-refractivity contribution in [1.82, 2.24) is 0 Å². The molecule has 2 aromatic rings. The summed E-state index contributed by atoms with van der Waals surface area (Å²) < 4.78 is 11.6. The van der Waals surface area contributed by atoms with E-state index in [0.29, 0.717) is 26.4 Å². The van der Waals surface area contributed by atoms with Gasteiger partial charge in [0.15, 0.2) is 15.8 Å². The molecule has 0 atom stereocenters. The highest BCUT2D eigenvalue weighted by molar-refractivity contribution is 9.10. The van der Waals surface area contributed by atoms with E-state index in [4.69, 9.17) is 21.7 Å². The summed E-state index contributed by atoms with van der Waals surface area (Å²) in [5.41, 5.74) is 1.22. The number of thioether (sulfide) groups is 1. The second kappa shape index (κ2) is 8.34. The number of ether oxygens (including phenoxy) is 2. The van der Waals surface area contributed by atoms with Crippen LogP contribution in [0.1, 0.15) is 15.9 Å². The first-order chi connectivity index (χ1) is 13.3. The zero-order valence-electron chi connectivity index (χ0n) is 14.8. The van der Waals surface area contributed by atoms with Gasteiger partial charge in [0.2, 0.25) is 0 Å². The zero-order chi connectivity index (χ0) is 20.4. The van der Waals surface area contributed by atoms with Crippen LogP contribution >= 0.6 is 39.9 Å².